The minimum Gasteiger partial charge on any atom is -0.311 e. The molecule has 2 fully saturated rings. The molecule has 0 aromatic carbocycles. The monoisotopic (exact) mass is 189 g/mol. The van der Waals surface area contributed by atoms with Crippen molar-refractivity contribution in [2.45, 2.75) is 50.5 Å². The van der Waals surface area contributed by atoms with Gasteiger partial charge in [-0.25, -0.2) is 8.78 Å². The summed E-state index contributed by atoms with van der Waals surface area (Å²) in [6.45, 7) is 2.61. The molecule has 76 valence electrons. The van der Waals surface area contributed by atoms with E-state index < -0.39 is 11.8 Å². The molecule has 0 amide bonds. The minimum absolute atomic E-state index is 0.0933. The fraction of sp³-hybridized carbons (Fsp3) is 1.00. The maximum Gasteiger partial charge on any atom is 0.252 e. The largest absolute Gasteiger partial charge is 0.311 e. The van der Waals surface area contributed by atoms with E-state index in [2.05, 4.69) is 12.2 Å². The van der Waals surface area contributed by atoms with E-state index in [1.165, 1.54) is 0 Å². The van der Waals surface area contributed by atoms with Crippen LogP contribution in [0.25, 0.3) is 0 Å². The second kappa shape index (κ2) is 2.91. The number of rotatable bonds is 3. The Kier molecular flexibility index (Phi) is 2.10. The highest BCUT2D eigenvalue weighted by molar-refractivity contribution is 4.99. The first-order valence-electron chi connectivity index (χ1n) is 5.15. The summed E-state index contributed by atoms with van der Waals surface area (Å²) in [7, 11) is 0. The second-order valence-corrected chi connectivity index (χ2v) is 4.79. The first-order chi connectivity index (χ1) is 6.02. The first-order valence-corrected chi connectivity index (χ1v) is 5.15. The maximum absolute atomic E-state index is 13.2. The third kappa shape index (κ3) is 2.01. The third-order valence-corrected chi connectivity index (χ3v) is 3.44. The SMILES string of the molecule is CC1(NCC2CCCC2(F)F)CC1. The lowest BCUT2D eigenvalue weighted by molar-refractivity contribution is -0.0366. The van der Waals surface area contributed by atoms with Gasteiger partial charge in [-0.2, -0.15) is 0 Å². The highest BCUT2D eigenvalue weighted by Crippen LogP contribution is 2.41. The van der Waals surface area contributed by atoms with Gasteiger partial charge in [-0.1, -0.05) is 0 Å². The topological polar surface area (TPSA) is 12.0 Å². The van der Waals surface area contributed by atoms with E-state index in [9.17, 15) is 8.78 Å². The van der Waals surface area contributed by atoms with Crippen LogP contribution >= 0.6 is 0 Å². The molecule has 2 saturated carbocycles. The van der Waals surface area contributed by atoms with E-state index in [0.29, 0.717) is 19.4 Å². The lowest BCUT2D eigenvalue weighted by atomic mass is 10.0. The normalized spacial score (nSPS) is 34.8. The molecule has 0 bridgehead atoms. The second-order valence-electron chi connectivity index (χ2n) is 4.79. The van der Waals surface area contributed by atoms with Crippen LogP contribution in [0, 0.1) is 5.92 Å². The molecule has 2 rings (SSSR count). The standard InChI is InChI=1S/C10H17F2N/c1-9(5-6-9)13-7-8-3-2-4-10(8,11)12/h8,13H,2-7H2,1H3. The predicted octanol–water partition coefficient (Wildman–Crippen LogP) is 2.56. The number of alkyl halides is 2. The summed E-state index contributed by atoms with van der Waals surface area (Å²) in [6, 6.07) is 0. The summed E-state index contributed by atoms with van der Waals surface area (Å²) in [5, 5.41) is 3.25. The summed E-state index contributed by atoms with van der Waals surface area (Å²) >= 11 is 0. The van der Waals surface area contributed by atoms with Crippen molar-refractivity contribution < 1.29 is 8.78 Å². The average molecular weight is 189 g/mol. The average Bonchev–Trinajstić information content (AvgIpc) is 2.66. The molecule has 1 atom stereocenters. The van der Waals surface area contributed by atoms with Crippen molar-refractivity contribution in [1.82, 2.24) is 5.32 Å². The van der Waals surface area contributed by atoms with Crippen molar-refractivity contribution in [2.24, 2.45) is 5.92 Å². The molecule has 2 aliphatic carbocycles. The van der Waals surface area contributed by atoms with E-state index >= 15 is 0 Å². The molecule has 13 heavy (non-hydrogen) atoms. The number of halogens is 2. The Labute approximate surface area is 77.9 Å². The van der Waals surface area contributed by atoms with Gasteiger partial charge >= 0.3 is 0 Å². The van der Waals surface area contributed by atoms with Crippen LogP contribution in [-0.2, 0) is 0 Å². The molecular weight excluding hydrogens is 172 g/mol. The van der Waals surface area contributed by atoms with Crippen LogP contribution in [-0.4, -0.2) is 18.0 Å². The Bertz CT molecular complexity index is 199. The molecule has 0 heterocycles. The summed E-state index contributed by atoms with van der Waals surface area (Å²) in [5.74, 6) is -2.82. The van der Waals surface area contributed by atoms with E-state index in [-0.39, 0.29) is 12.0 Å². The smallest absolute Gasteiger partial charge is 0.252 e. The van der Waals surface area contributed by atoms with E-state index in [0.717, 1.165) is 12.8 Å². The highest BCUT2D eigenvalue weighted by Gasteiger charge is 2.45. The molecule has 3 heteroatoms. The molecular formula is C10H17F2N. The van der Waals surface area contributed by atoms with Crippen LogP contribution in [0.3, 0.4) is 0 Å². The van der Waals surface area contributed by atoms with Gasteiger partial charge in [-0.3, -0.25) is 0 Å². The van der Waals surface area contributed by atoms with Crippen molar-refractivity contribution in [3.63, 3.8) is 0 Å². The molecule has 0 spiro atoms. The van der Waals surface area contributed by atoms with E-state index in [4.69, 9.17) is 0 Å². The van der Waals surface area contributed by atoms with E-state index in [1.807, 2.05) is 0 Å². The summed E-state index contributed by atoms with van der Waals surface area (Å²) < 4.78 is 26.3. The third-order valence-electron chi connectivity index (χ3n) is 3.44. The summed E-state index contributed by atoms with van der Waals surface area (Å²) in [6.07, 6.45) is 3.76. The maximum atomic E-state index is 13.2. The Hall–Kier alpha value is -0.180. The first kappa shape index (κ1) is 9.38. The quantitative estimate of drug-likeness (QED) is 0.719. The van der Waals surface area contributed by atoms with Gasteiger partial charge < -0.3 is 5.32 Å². The van der Waals surface area contributed by atoms with Gasteiger partial charge in [0.05, 0.1) is 0 Å². The van der Waals surface area contributed by atoms with Crippen LogP contribution in [0.2, 0.25) is 0 Å². The summed E-state index contributed by atoms with van der Waals surface area (Å²) in [4.78, 5) is 0. The van der Waals surface area contributed by atoms with Gasteiger partial charge in [-0.05, 0) is 32.6 Å². The van der Waals surface area contributed by atoms with Gasteiger partial charge in [0.2, 0.25) is 0 Å². The lowest BCUT2D eigenvalue weighted by Crippen LogP contribution is -2.37. The van der Waals surface area contributed by atoms with Crippen LogP contribution in [0.1, 0.15) is 39.0 Å². The molecule has 0 radical (unpaired) electrons. The molecule has 2 aliphatic rings. The van der Waals surface area contributed by atoms with Crippen molar-refractivity contribution in [1.29, 1.82) is 0 Å². The molecule has 0 aromatic heterocycles. The van der Waals surface area contributed by atoms with Crippen LogP contribution in [0.5, 0.6) is 0 Å². The van der Waals surface area contributed by atoms with Crippen molar-refractivity contribution >= 4 is 0 Å². The Balaban J connectivity index is 1.81. The molecule has 1 nitrogen and oxygen atoms in total. The van der Waals surface area contributed by atoms with Crippen LogP contribution in [0.15, 0.2) is 0 Å². The molecule has 0 aliphatic heterocycles. The van der Waals surface area contributed by atoms with Crippen molar-refractivity contribution in [3.05, 3.63) is 0 Å². The van der Waals surface area contributed by atoms with Crippen molar-refractivity contribution in [3.8, 4) is 0 Å². The Morgan fingerprint density at radius 2 is 2.00 bits per heavy atom. The molecule has 0 saturated heterocycles. The van der Waals surface area contributed by atoms with E-state index in [1.54, 1.807) is 0 Å². The predicted molar refractivity (Wildman–Crippen MR) is 47.9 cm³/mol. The fourth-order valence-electron chi connectivity index (χ4n) is 1.98. The van der Waals surface area contributed by atoms with Gasteiger partial charge in [0, 0.05) is 24.4 Å². The lowest BCUT2D eigenvalue weighted by Gasteiger charge is -2.21. The Morgan fingerprint density at radius 1 is 1.31 bits per heavy atom. The number of hydrogen-bond donors (Lipinski definition) is 1. The number of nitrogens with one attached hydrogen (secondary N) is 1. The van der Waals surface area contributed by atoms with Gasteiger partial charge in [0.15, 0.2) is 0 Å². The fourth-order valence-corrected chi connectivity index (χ4v) is 1.98. The molecule has 1 unspecified atom stereocenters. The summed E-state index contributed by atoms with van der Waals surface area (Å²) in [5.41, 5.74) is 0.193. The minimum atomic E-state index is -2.40. The van der Waals surface area contributed by atoms with Gasteiger partial charge in [0.1, 0.15) is 0 Å². The van der Waals surface area contributed by atoms with Crippen molar-refractivity contribution in [2.75, 3.05) is 6.54 Å². The number of hydrogen-bond acceptors (Lipinski definition) is 1. The zero-order valence-electron chi connectivity index (χ0n) is 8.08. The van der Waals surface area contributed by atoms with Crippen LogP contribution in [0.4, 0.5) is 8.78 Å². The highest BCUT2D eigenvalue weighted by atomic mass is 19.3. The van der Waals surface area contributed by atoms with Gasteiger partial charge in [-0.15, -0.1) is 0 Å². The molecule has 0 aromatic rings. The van der Waals surface area contributed by atoms with Crippen LogP contribution < -0.4 is 5.32 Å². The van der Waals surface area contributed by atoms with Gasteiger partial charge in [0.25, 0.3) is 5.92 Å². The Morgan fingerprint density at radius 3 is 2.46 bits per heavy atom. The molecule has 1 N–H and O–H groups in total. The zero-order valence-corrected chi connectivity index (χ0v) is 8.08. The zero-order chi connectivity index (χ0) is 9.53.